The third kappa shape index (κ3) is 5.24. The van der Waals surface area contributed by atoms with Gasteiger partial charge in [-0.2, -0.15) is 0 Å². The predicted molar refractivity (Wildman–Crippen MR) is 99.1 cm³/mol. The van der Waals surface area contributed by atoms with Crippen LogP contribution in [0, 0.1) is 0 Å². The number of likely N-dealkylation sites (N-methyl/N-ethyl adjacent to an activating group) is 1. The lowest BCUT2D eigenvalue weighted by Gasteiger charge is -2.27. The van der Waals surface area contributed by atoms with Gasteiger partial charge in [0.05, 0.1) is 12.7 Å². The highest BCUT2D eigenvalue weighted by Gasteiger charge is 2.11. The largest absolute Gasteiger partial charge is 0.465 e. The van der Waals surface area contributed by atoms with Crippen LogP contribution in [0.3, 0.4) is 0 Å². The Morgan fingerprint density at radius 2 is 1.72 bits per heavy atom. The maximum atomic E-state index is 12.0. The standard InChI is InChI=1S/C19H23N3O3/c1-14(22(2)17-7-5-4-6-8-17)13-20-19(24)21-16-11-9-15(10-12-16)18(23)25-3/h4-12,14H,13H2,1-3H3,(H2,20,21,24)/t14-/m1/s1. The van der Waals surface area contributed by atoms with E-state index >= 15 is 0 Å². The van der Waals surface area contributed by atoms with Crippen LogP contribution in [0.25, 0.3) is 0 Å². The number of amides is 2. The number of para-hydroxylation sites is 1. The molecule has 0 fully saturated rings. The molecule has 0 spiro atoms. The molecule has 0 saturated heterocycles. The zero-order valence-corrected chi connectivity index (χ0v) is 14.7. The minimum Gasteiger partial charge on any atom is -0.465 e. The number of urea groups is 1. The van der Waals surface area contributed by atoms with Crippen molar-refractivity contribution in [3.8, 4) is 0 Å². The average Bonchev–Trinajstić information content (AvgIpc) is 2.66. The van der Waals surface area contributed by atoms with Gasteiger partial charge in [0.2, 0.25) is 0 Å². The lowest BCUT2D eigenvalue weighted by molar-refractivity contribution is 0.0601. The van der Waals surface area contributed by atoms with Crippen molar-refractivity contribution in [2.24, 2.45) is 0 Å². The van der Waals surface area contributed by atoms with Gasteiger partial charge in [-0.05, 0) is 43.3 Å². The molecule has 2 aromatic rings. The van der Waals surface area contributed by atoms with Crippen LogP contribution in [0.4, 0.5) is 16.2 Å². The van der Waals surface area contributed by atoms with E-state index in [1.54, 1.807) is 24.3 Å². The third-order valence-electron chi connectivity index (χ3n) is 3.95. The summed E-state index contributed by atoms with van der Waals surface area (Å²) in [5.41, 5.74) is 2.14. The van der Waals surface area contributed by atoms with Crippen LogP contribution in [0.2, 0.25) is 0 Å². The molecular weight excluding hydrogens is 318 g/mol. The van der Waals surface area contributed by atoms with Crippen LogP contribution in [0.5, 0.6) is 0 Å². The van der Waals surface area contributed by atoms with E-state index in [4.69, 9.17) is 0 Å². The van der Waals surface area contributed by atoms with Crippen LogP contribution in [0.1, 0.15) is 17.3 Å². The van der Waals surface area contributed by atoms with Crippen LogP contribution in [-0.2, 0) is 4.74 Å². The van der Waals surface area contributed by atoms with E-state index in [1.165, 1.54) is 7.11 Å². The Labute approximate surface area is 147 Å². The summed E-state index contributed by atoms with van der Waals surface area (Å²) < 4.78 is 4.64. The molecule has 0 bridgehead atoms. The van der Waals surface area contributed by atoms with E-state index in [0.717, 1.165) is 5.69 Å². The van der Waals surface area contributed by atoms with Gasteiger partial charge in [0.15, 0.2) is 0 Å². The zero-order chi connectivity index (χ0) is 18.2. The van der Waals surface area contributed by atoms with E-state index in [9.17, 15) is 9.59 Å². The Hall–Kier alpha value is -3.02. The van der Waals surface area contributed by atoms with Crippen molar-refractivity contribution >= 4 is 23.4 Å². The van der Waals surface area contributed by atoms with Crippen molar-refractivity contribution in [2.45, 2.75) is 13.0 Å². The molecule has 0 heterocycles. The molecule has 2 N–H and O–H groups in total. The highest BCUT2D eigenvalue weighted by atomic mass is 16.5. The fraction of sp³-hybridized carbons (Fsp3) is 0.263. The molecule has 2 rings (SSSR count). The van der Waals surface area contributed by atoms with Gasteiger partial charge in [-0.25, -0.2) is 9.59 Å². The Kier molecular flexibility index (Phi) is 6.39. The van der Waals surface area contributed by atoms with Gasteiger partial charge in [0.25, 0.3) is 0 Å². The third-order valence-corrected chi connectivity index (χ3v) is 3.95. The molecule has 132 valence electrons. The number of hydrogen-bond donors (Lipinski definition) is 2. The molecule has 0 unspecified atom stereocenters. The van der Waals surface area contributed by atoms with Gasteiger partial charge < -0.3 is 20.3 Å². The number of carbonyl (C=O) groups excluding carboxylic acids is 2. The van der Waals surface area contributed by atoms with Gasteiger partial charge in [0, 0.05) is 31.0 Å². The molecule has 0 aliphatic carbocycles. The highest BCUT2D eigenvalue weighted by Crippen LogP contribution is 2.14. The van der Waals surface area contributed by atoms with E-state index in [1.807, 2.05) is 44.3 Å². The molecule has 2 aromatic carbocycles. The summed E-state index contributed by atoms with van der Waals surface area (Å²) in [6.45, 7) is 2.54. The van der Waals surface area contributed by atoms with Gasteiger partial charge >= 0.3 is 12.0 Å². The molecule has 0 radical (unpaired) electrons. The number of carbonyl (C=O) groups is 2. The summed E-state index contributed by atoms with van der Waals surface area (Å²) in [4.78, 5) is 25.5. The van der Waals surface area contributed by atoms with E-state index < -0.39 is 5.97 Å². The first-order valence-corrected chi connectivity index (χ1v) is 8.02. The maximum absolute atomic E-state index is 12.0. The van der Waals surface area contributed by atoms with Crippen LogP contribution >= 0.6 is 0 Å². The van der Waals surface area contributed by atoms with Crippen molar-refractivity contribution in [1.29, 1.82) is 0 Å². The first-order valence-electron chi connectivity index (χ1n) is 8.02. The lowest BCUT2D eigenvalue weighted by atomic mass is 10.2. The number of ether oxygens (including phenoxy) is 1. The number of hydrogen-bond acceptors (Lipinski definition) is 4. The second kappa shape index (κ2) is 8.73. The first kappa shape index (κ1) is 18.3. The fourth-order valence-corrected chi connectivity index (χ4v) is 2.28. The fourth-order valence-electron chi connectivity index (χ4n) is 2.28. The first-order chi connectivity index (χ1) is 12.0. The van der Waals surface area contributed by atoms with Gasteiger partial charge in [-0.15, -0.1) is 0 Å². The molecule has 2 amide bonds. The van der Waals surface area contributed by atoms with Crippen molar-refractivity contribution in [3.05, 3.63) is 60.2 Å². The van der Waals surface area contributed by atoms with Gasteiger partial charge in [-0.1, -0.05) is 18.2 Å². The molecule has 1 atom stereocenters. The second-order valence-corrected chi connectivity index (χ2v) is 5.70. The second-order valence-electron chi connectivity index (χ2n) is 5.70. The summed E-state index contributed by atoms with van der Waals surface area (Å²) in [5, 5.41) is 5.59. The average molecular weight is 341 g/mol. The maximum Gasteiger partial charge on any atom is 0.337 e. The normalized spacial score (nSPS) is 11.3. The smallest absolute Gasteiger partial charge is 0.337 e. The minimum absolute atomic E-state index is 0.134. The zero-order valence-electron chi connectivity index (χ0n) is 14.7. The molecule has 0 aliphatic heterocycles. The van der Waals surface area contributed by atoms with Crippen molar-refractivity contribution in [1.82, 2.24) is 5.32 Å². The van der Waals surface area contributed by atoms with Crippen LogP contribution in [-0.4, -0.2) is 38.7 Å². The SMILES string of the molecule is COC(=O)c1ccc(NC(=O)NC[C@@H](C)N(C)c2ccccc2)cc1. The number of rotatable bonds is 6. The molecule has 6 heteroatoms. The van der Waals surface area contributed by atoms with E-state index in [0.29, 0.717) is 17.8 Å². The summed E-state index contributed by atoms with van der Waals surface area (Å²) in [6, 6.07) is 16.4. The molecular formula is C19H23N3O3. The Morgan fingerprint density at radius 3 is 2.32 bits per heavy atom. The van der Waals surface area contributed by atoms with Crippen LogP contribution in [0.15, 0.2) is 54.6 Å². The Balaban J connectivity index is 1.83. The number of anilines is 2. The summed E-state index contributed by atoms with van der Waals surface area (Å²) in [6.07, 6.45) is 0. The highest BCUT2D eigenvalue weighted by molar-refractivity contribution is 5.92. The molecule has 0 saturated carbocycles. The van der Waals surface area contributed by atoms with Gasteiger partial charge in [0.1, 0.15) is 0 Å². The molecule has 25 heavy (non-hydrogen) atoms. The van der Waals surface area contributed by atoms with Crippen LogP contribution < -0.4 is 15.5 Å². The topological polar surface area (TPSA) is 70.7 Å². The lowest BCUT2D eigenvalue weighted by Crippen LogP contribution is -2.41. The molecule has 0 aromatic heterocycles. The Morgan fingerprint density at radius 1 is 1.08 bits per heavy atom. The number of nitrogens with zero attached hydrogens (tertiary/aromatic N) is 1. The summed E-state index contributed by atoms with van der Waals surface area (Å²) >= 11 is 0. The summed E-state index contributed by atoms with van der Waals surface area (Å²) in [5.74, 6) is -0.409. The van der Waals surface area contributed by atoms with Gasteiger partial charge in [-0.3, -0.25) is 0 Å². The number of nitrogens with one attached hydrogen (secondary N) is 2. The Bertz CT molecular complexity index is 702. The summed E-state index contributed by atoms with van der Waals surface area (Å²) in [7, 11) is 3.32. The van der Waals surface area contributed by atoms with Crippen molar-refractivity contribution in [2.75, 3.05) is 30.9 Å². The number of esters is 1. The number of methoxy groups -OCH3 is 1. The van der Waals surface area contributed by atoms with Crippen molar-refractivity contribution in [3.63, 3.8) is 0 Å². The predicted octanol–water partition coefficient (Wildman–Crippen LogP) is 3.12. The quantitative estimate of drug-likeness (QED) is 0.792. The van der Waals surface area contributed by atoms with E-state index in [-0.39, 0.29) is 12.1 Å². The minimum atomic E-state index is -0.409. The number of benzene rings is 2. The van der Waals surface area contributed by atoms with E-state index in [2.05, 4.69) is 20.3 Å². The molecule has 0 aliphatic rings. The van der Waals surface area contributed by atoms with Crippen molar-refractivity contribution < 1.29 is 14.3 Å². The monoisotopic (exact) mass is 341 g/mol. The molecule has 6 nitrogen and oxygen atoms in total.